The summed E-state index contributed by atoms with van der Waals surface area (Å²) >= 11 is 0. The van der Waals surface area contributed by atoms with Gasteiger partial charge in [0.05, 0.1) is 5.69 Å². The molecule has 0 fully saturated rings. The molecule has 2 aromatic heterocycles. The fraction of sp³-hybridized carbons (Fsp3) is 0. The summed E-state index contributed by atoms with van der Waals surface area (Å²) in [6.45, 7) is 0. The van der Waals surface area contributed by atoms with Crippen LogP contribution in [0.2, 0.25) is 0 Å². The summed E-state index contributed by atoms with van der Waals surface area (Å²) < 4.78 is 0. The van der Waals surface area contributed by atoms with Crippen LogP contribution >= 0.6 is 0 Å². The monoisotopic (exact) mass is 534 g/mol. The number of hydrogen-bond acceptors (Lipinski definition) is 6. The predicted octanol–water partition coefficient (Wildman–Crippen LogP) is 6.02. The van der Waals surface area contributed by atoms with Gasteiger partial charge in [-0.2, -0.15) is 0 Å². The molecule has 196 valence electrons. The van der Waals surface area contributed by atoms with Crippen LogP contribution in [0.4, 0.5) is 0 Å². The summed E-state index contributed by atoms with van der Waals surface area (Å²) in [6, 6.07) is 31.9. The molecule has 0 radical (unpaired) electrons. The topological polar surface area (TPSA) is 107 Å². The van der Waals surface area contributed by atoms with Crippen LogP contribution in [0.15, 0.2) is 103 Å². The molecular formula is C34H23BN2O4. The lowest BCUT2D eigenvalue weighted by Gasteiger charge is -2.21. The molecule has 0 amide bonds. The standard InChI is InChI=1S/C34H23BN2O4/c35-29-28(30(38)32(40)33(41)31(29)39)27-23-9-3-1-7-21(23)26(22-8-2-4-10-24(22)27)19-13-11-18(12-14-19)25-16-15-20-6-5-17-36-34(20)37-25/h1-17,38-41H,35H2. The molecule has 0 aliphatic heterocycles. The van der Waals surface area contributed by atoms with Crippen LogP contribution in [0.3, 0.4) is 0 Å². The highest BCUT2D eigenvalue weighted by molar-refractivity contribution is 6.40. The van der Waals surface area contributed by atoms with E-state index in [1.165, 1.54) is 0 Å². The fourth-order valence-electron chi connectivity index (χ4n) is 5.75. The molecule has 7 aromatic rings. The molecule has 7 rings (SSSR count). The smallest absolute Gasteiger partial charge is 0.204 e. The highest BCUT2D eigenvalue weighted by Crippen LogP contribution is 2.50. The normalized spacial score (nSPS) is 11.4. The molecule has 0 unspecified atom stereocenters. The lowest BCUT2D eigenvalue weighted by molar-refractivity contribution is 0.348. The highest BCUT2D eigenvalue weighted by Gasteiger charge is 2.25. The number of nitrogens with zero attached hydrogens (tertiary/aromatic N) is 2. The minimum absolute atomic E-state index is 0.266. The van der Waals surface area contributed by atoms with Gasteiger partial charge in [-0.25, -0.2) is 9.97 Å². The third-order valence-electron chi connectivity index (χ3n) is 7.75. The van der Waals surface area contributed by atoms with Crippen molar-refractivity contribution in [3.8, 4) is 56.5 Å². The number of fused-ring (bicyclic) bond motifs is 3. The van der Waals surface area contributed by atoms with Gasteiger partial charge in [-0.05, 0) is 62.4 Å². The first kappa shape index (κ1) is 24.5. The van der Waals surface area contributed by atoms with Gasteiger partial charge in [-0.15, -0.1) is 0 Å². The highest BCUT2D eigenvalue weighted by atomic mass is 16.3. The second kappa shape index (κ2) is 9.28. The Kier molecular flexibility index (Phi) is 5.54. The zero-order valence-electron chi connectivity index (χ0n) is 22.0. The molecule has 0 bridgehead atoms. The van der Waals surface area contributed by atoms with E-state index in [0.29, 0.717) is 11.2 Å². The molecule has 4 N–H and O–H groups in total. The van der Waals surface area contributed by atoms with E-state index in [2.05, 4.69) is 29.2 Å². The third-order valence-corrected chi connectivity index (χ3v) is 7.75. The molecule has 0 aliphatic carbocycles. The number of phenols is 4. The number of aromatic nitrogens is 2. The van der Waals surface area contributed by atoms with Crippen molar-refractivity contribution in [3.05, 3.63) is 103 Å². The summed E-state index contributed by atoms with van der Waals surface area (Å²) in [7, 11) is 1.61. The Morgan fingerprint density at radius 3 is 1.68 bits per heavy atom. The van der Waals surface area contributed by atoms with Gasteiger partial charge >= 0.3 is 0 Å². The van der Waals surface area contributed by atoms with Crippen molar-refractivity contribution in [1.29, 1.82) is 0 Å². The number of pyridine rings is 2. The quantitative estimate of drug-likeness (QED) is 0.0957. The summed E-state index contributed by atoms with van der Waals surface area (Å²) in [5.74, 6) is -2.46. The summed E-state index contributed by atoms with van der Waals surface area (Å²) in [6.07, 6.45) is 1.74. The first-order valence-electron chi connectivity index (χ1n) is 13.2. The molecule has 2 heterocycles. The van der Waals surface area contributed by atoms with E-state index < -0.39 is 23.0 Å². The SMILES string of the molecule is Bc1c(O)c(O)c(O)c(O)c1-c1c2ccccc2c(-c2ccc(-c3ccc4cccnc4n3)cc2)c2ccccc12. The number of aromatic hydroxyl groups is 4. The van der Waals surface area contributed by atoms with E-state index in [1.807, 2.05) is 72.8 Å². The molecule has 41 heavy (non-hydrogen) atoms. The fourth-order valence-corrected chi connectivity index (χ4v) is 5.75. The van der Waals surface area contributed by atoms with Gasteiger partial charge in [0.15, 0.2) is 17.1 Å². The lowest BCUT2D eigenvalue weighted by Crippen LogP contribution is -2.09. The average molecular weight is 534 g/mol. The van der Waals surface area contributed by atoms with Crippen molar-refractivity contribution in [2.24, 2.45) is 0 Å². The first-order valence-corrected chi connectivity index (χ1v) is 13.2. The summed E-state index contributed by atoms with van der Waals surface area (Å²) in [5, 5.41) is 46.7. The Balaban J connectivity index is 1.48. The second-order valence-electron chi connectivity index (χ2n) is 10.1. The molecule has 0 atom stereocenters. The summed E-state index contributed by atoms with van der Waals surface area (Å²) in [4.78, 5) is 9.12. The Bertz CT molecular complexity index is 2070. The van der Waals surface area contributed by atoms with E-state index in [1.54, 1.807) is 14.0 Å². The van der Waals surface area contributed by atoms with E-state index >= 15 is 0 Å². The first-order chi connectivity index (χ1) is 19.9. The summed E-state index contributed by atoms with van der Waals surface area (Å²) in [5.41, 5.74) is 5.73. The number of rotatable bonds is 3. The van der Waals surface area contributed by atoms with Crippen LogP contribution in [-0.2, 0) is 0 Å². The lowest BCUT2D eigenvalue weighted by atomic mass is 9.79. The van der Waals surface area contributed by atoms with Crippen LogP contribution in [0.5, 0.6) is 23.0 Å². The number of benzene rings is 5. The van der Waals surface area contributed by atoms with Gasteiger partial charge in [0.1, 0.15) is 7.85 Å². The second-order valence-corrected chi connectivity index (χ2v) is 10.1. The maximum absolute atomic E-state index is 11.0. The van der Waals surface area contributed by atoms with E-state index in [9.17, 15) is 20.4 Å². The van der Waals surface area contributed by atoms with Crippen molar-refractivity contribution in [2.45, 2.75) is 0 Å². The van der Waals surface area contributed by atoms with Crippen molar-refractivity contribution >= 4 is 45.9 Å². The Labute approximate surface area is 235 Å². The third kappa shape index (κ3) is 3.74. The average Bonchev–Trinajstić information content (AvgIpc) is 3.02. The van der Waals surface area contributed by atoms with Gasteiger partial charge < -0.3 is 20.4 Å². The number of hydrogen-bond donors (Lipinski definition) is 4. The molecule has 6 nitrogen and oxygen atoms in total. The van der Waals surface area contributed by atoms with Gasteiger partial charge in [-0.1, -0.05) is 72.8 Å². The zero-order chi connectivity index (χ0) is 28.2. The van der Waals surface area contributed by atoms with Crippen molar-refractivity contribution in [3.63, 3.8) is 0 Å². The van der Waals surface area contributed by atoms with Crippen LogP contribution in [0, 0.1) is 0 Å². The maximum Gasteiger partial charge on any atom is 0.204 e. The molecule has 0 aliphatic rings. The van der Waals surface area contributed by atoms with Gasteiger partial charge in [0.2, 0.25) is 11.5 Å². The van der Waals surface area contributed by atoms with Crippen molar-refractivity contribution in [2.75, 3.05) is 0 Å². The van der Waals surface area contributed by atoms with Crippen LogP contribution in [0.1, 0.15) is 0 Å². The van der Waals surface area contributed by atoms with E-state index in [-0.39, 0.29) is 11.0 Å². The zero-order valence-corrected chi connectivity index (χ0v) is 22.0. The largest absolute Gasteiger partial charge is 0.505 e. The Morgan fingerprint density at radius 1 is 0.488 bits per heavy atom. The number of phenolic OH excluding ortho intramolecular Hbond substituents is 4. The minimum Gasteiger partial charge on any atom is -0.505 e. The maximum atomic E-state index is 11.0. The van der Waals surface area contributed by atoms with E-state index in [4.69, 9.17) is 4.98 Å². The van der Waals surface area contributed by atoms with Crippen LogP contribution < -0.4 is 5.46 Å². The molecule has 7 heteroatoms. The minimum atomic E-state index is -0.756. The van der Waals surface area contributed by atoms with Gasteiger partial charge in [0, 0.05) is 28.3 Å². The molecule has 0 saturated carbocycles. The molecular weight excluding hydrogens is 511 g/mol. The van der Waals surface area contributed by atoms with E-state index in [0.717, 1.165) is 49.3 Å². The predicted molar refractivity (Wildman–Crippen MR) is 166 cm³/mol. The van der Waals surface area contributed by atoms with Gasteiger partial charge in [-0.3, -0.25) is 0 Å². The van der Waals surface area contributed by atoms with Crippen molar-refractivity contribution < 1.29 is 20.4 Å². The Morgan fingerprint density at radius 2 is 1.05 bits per heavy atom. The van der Waals surface area contributed by atoms with Crippen molar-refractivity contribution in [1.82, 2.24) is 9.97 Å². The molecule has 5 aromatic carbocycles. The molecule has 0 saturated heterocycles. The van der Waals surface area contributed by atoms with Crippen LogP contribution in [0.25, 0.3) is 66.1 Å². The Hall–Kier alpha value is -5.56. The van der Waals surface area contributed by atoms with Gasteiger partial charge in [0.25, 0.3) is 0 Å². The molecule has 0 spiro atoms. The van der Waals surface area contributed by atoms with Crippen LogP contribution in [-0.4, -0.2) is 38.2 Å².